The van der Waals surface area contributed by atoms with Crippen molar-refractivity contribution in [2.45, 2.75) is 107 Å². The van der Waals surface area contributed by atoms with Gasteiger partial charge in [0, 0.05) is 39.0 Å². The SMILES string of the molecule is NC(N)=NCCC[C@H](N)C(=O)N1CCC[C@@H]1C(=O)N1CCC[C@@H]1C(=O)NCC(=O)N[C@H](Cc1ccccc1)C(=O)N[C@H](CO)C(=O)N1CCC[C@@H]1C(=O)N[C@H](Cc1ccccc1)C(=O)O. The van der Waals surface area contributed by atoms with Crippen LogP contribution in [0, 0.1) is 0 Å². The van der Waals surface area contributed by atoms with Crippen LogP contribution < -0.4 is 38.5 Å². The fourth-order valence-corrected chi connectivity index (χ4v) is 8.51. The van der Waals surface area contributed by atoms with Crippen molar-refractivity contribution in [3.63, 3.8) is 0 Å². The minimum absolute atomic E-state index is 0.0128. The van der Waals surface area contributed by atoms with Crippen LogP contribution in [0.4, 0.5) is 0 Å². The van der Waals surface area contributed by atoms with E-state index in [9.17, 15) is 48.6 Å². The smallest absolute Gasteiger partial charge is 0.326 e. The average Bonchev–Trinajstić information content (AvgIpc) is 4.11. The van der Waals surface area contributed by atoms with Crippen molar-refractivity contribution in [3.05, 3.63) is 71.8 Å². The number of benzene rings is 2. The van der Waals surface area contributed by atoms with Gasteiger partial charge in [-0.15, -0.1) is 0 Å². The van der Waals surface area contributed by atoms with Crippen molar-refractivity contribution in [2.75, 3.05) is 39.3 Å². The second-order valence-corrected chi connectivity index (χ2v) is 16.5. The summed E-state index contributed by atoms with van der Waals surface area (Å²) in [6.45, 7) is -0.378. The molecular weight excluding hydrogens is 843 g/mol. The Hall–Kier alpha value is -6.61. The summed E-state index contributed by atoms with van der Waals surface area (Å²) >= 11 is 0. The number of amides is 7. The van der Waals surface area contributed by atoms with E-state index < -0.39 is 90.9 Å². The Labute approximate surface area is 376 Å². The molecule has 0 unspecified atom stereocenters. The molecule has 2 aromatic rings. The zero-order valence-corrected chi connectivity index (χ0v) is 36.3. The number of hydrogen-bond acceptors (Lipinski definition) is 11. The van der Waals surface area contributed by atoms with Crippen LogP contribution in [0.1, 0.15) is 62.5 Å². The van der Waals surface area contributed by atoms with Gasteiger partial charge in [0.25, 0.3) is 0 Å². The molecule has 21 nitrogen and oxygen atoms in total. The largest absolute Gasteiger partial charge is 0.480 e. The molecular formula is C44H61N11O10. The summed E-state index contributed by atoms with van der Waals surface area (Å²) < 4.78 is 0. The average molecular weight is 904 g/mol. The van der Waals surface area contributed by atoms with Gasteiger partial charge in [-0.05, 0) is 62.5 Å². The summed E-state index contributed by atoms with van der Waals surface area (Å²) in [6.07, 6.45) is 3.23. The predicted molar refractivity (Wildman–Crippen MR) is 236 cm³/mol. The summed E-state index contributed by atoms with van der Waals surface area (Å²) in [4.78, 5) is 115. The molecule has 2 aromatic carbocycles. The summed E-state index contributed by atoms with van der Waals surface area (Å²) in [5, 5.41) is 30.4. The number of rotatable bonds is 21. The maximum atomic E-state index is 13.8. The van der Waals surface area contributed by atoms with Crippen LogP contribution in [0.5, 0.6) is 0 Å². The Bertz CT molecular complexity index is 2040. The van der Waals surface area contributed by atoms with Gasteiger partial charge < -0.3 is 63.4 Å². The number of aliphatic carboxylic acids is 1. The van der Waals surface area contributed by atoms with E-state index in [2.05, 4.69) is 26.3 Å². The highest BCUT2D eigenvalue weighted by Gasteiger charge is 2.43. The number of nitrogens with two attached hydrogens (primary N) is 3. The maximum absolute atomic E-state index is 13.8. The summed E-state index contributed by atoms with van der Waals surface area (Å²) in [7, 11) is 0. The number of likely N-dealkylation sites (tertiary alicyclic amines) is 3. The number of carbonyl (C=O) groups is 8. The fourth-order valence-electron chi connectivity index (χ4n) is 8.51. The lowest BCUT2D eigenvalue weighted by Crippen LogP contribution is -2.59. The van der Waals surface area contributed by atoms with E-state index in [0.29, 0.717) is 69.2 Å². The normalized spacial score (nSPS) is 19.9. The van der Waals surface area contributed by atoms with Gasteiger partial charge in [0.05, 0.1) is 19.2 Å². The topological polar surface area (TPSA) is 325 Å². The molecule has 5 rings (SSSR count). The summed E-state index contributed by atoms with van der Waals surface area (Å²) in [6, 6.07) is 9.74. The first-order chi connectivity index (χ1) is 31.2. The number of nitrogens with one attached hydrogen (secondary N) is 4. The lowest BCUT2D eigenvalue weighted by Gasteiger charge is -2.32. The Balaban J connectivity index is 1.18. The van der Waals surface area contributed by atoms with Crippen molar-refractivity contribution >= 4 is 53.3 Å². The lowest BCUT2D eigenvalue weighted by molar-refractivity contribution is -0.147. The van der Waals surface area contributed by atoms with Crippen LogP contribution in [0.2, 0.25) is 0 Å². The summed E-state index contributed by atoms with van der Waals surface area (Å²) in [5.74, 6) is -5.70. The fraction of sp³-hybridized carbons (Fsp3) is 0.523. The number of aliphatic hydroxyl groups is 1. The summed E-state index contributed by atoms with van der Waals surface area (Å²) in [5.41, 5.74) is 18.2. The molecule has 3 saturated heterocycles. The zero-order chi connectivity index (χ0) is 47.0. The highest BCUT2D eigenvalue weighted by Crippen LogP contribution is 2.26. The van der Waals surface area contributed by atoms with Crippen molar-refractivity contribution in [2.24, 2.45) is 22.2 Å². The molecule has 0 radical (unpaired) electrons. The lowest BCUT2D eigenvalue weighted by atomic mass is 10.0. The predicted octanol–water partition coefficient (Wildman–Crippen LogP) is -2.53. The van der Waals surface area contributed by atoms with Crippen LogP contribution >= 0.6 is 0 Å². The molecule has 12 N–H and O–H groups in total. The Morgan fingerprint density at radius 3 is 1.78 bits per heavy atom. The van der Waals surface area contributed by atoms with Crippen LogP contribution in [0.25, 0.3) is 0 Å². The van der Waals surface area contributed by atoms with E-state index in [4.69, 9.17) is 17.2 Å². The molecule has 0 aliphatic carbocycles. The van der Waals surface area contributed by atoms with Gasteiger partial charge >= 0.3 is 5.97 Å². The molecule has 0 bridgehead atoms. The highest BCUT2D eigenvalue weighted by atomic mass is 16.4. The number of aliphatic hydroxyl groups excluding tert-OH is 1. The van der Waals surface area contributed by atoms with Gasteiger partial charge in [0.1, 0.15) is 36.3 Å². The zero-order valence-electron chi connectivity index (χ0n) is 36.3. The van der Waals surface area contributed by atoms with Gasteiger partial charge in [-0.2, -0.15) is 0 Å². The van der Waals surface area contributed by atoms with E-state index in [1.807, 2.05) is 0 Å². The maximum Gasteiger partial charge on any atom is 0.326 e. The van der Waals surface area contributed by atoms with Crippen molar-refractivity contribution in [1.29, 1.82) is 0 Å². The Morgan fingerprint density at radius 2 is 1.22 bits per heavy atom. The van der Waals surface area contributed by atoms with E-state index in [0.717, 1.165) is 0 Å². The van der Waals surface area contributed by atoms with Crippen molar-refractivity contribution < 1.29 is 48.6 Å². The van der Waals surface area contributed by atoms with E-state index in [1.165, 1.54) is 14.7 Å². The Kier molecular flexibility index (Phi) is 18.2. The molecule has 65 heavy (non-hydrogen) atoms. The number of carboxylic acid groups (broad SMARTS) is 1. The number of hydrogen-bond donors (Lipinski definition) is 9. The number of carbonyl (C=O) groups excluding carboxylic acids is 7. The van der Waals surface area contributed by atoms with Crippen molar-refractivity contribution in [3.8, 4) is 0 Å². The number of aliphatic imine (C=N–C) groups is 1. The molecule has 3 aliphatic heterocycles. The molecule has 0 aromatic heterocycles. The third-order valence-electron chi connectivity index (χ3n) is 11.8. The monoisotopic (exact) mass is 903 g/mol. The van der Waals surface area contributed by atoms with Gasteiger partial charge in [0.2, 0.25) is 41.4 Å². The molecule has 0 saturated carbocycles. The van der Waals surface area contributed by atoms with Gasteiger partial charge in [-0.1, -0.05) is 60.7 Å². The first-order valence-corrected chi connectivity index (χ1v) is 22.0. The third-order valence-corrected chi connectivity index (χ3v) is 11.8. The van der Waals surface area contributed by atoms with Crippen molar-refractivity contribution in [1.82, 2.24) is 36.0 Å². The van der Waals surface area contributed by atoms with Crippen LogP contribution in [0.15, 0.2) is 65.7 Å². The number of nitrogens with zero attached hydrogens (tertiary/aromatic N) is 4. The quantitative estimate of drug-likeness (QED) is 0.0355. The minimum atomic E-state index is -1.52. The molecule has 3 aliphatic rings. The molecule has 0 spiro atoms. The third kappa shape index (κ3) is 13.7. The Morgan fingerprint density at radius 1 is 0.677 bits per heavy atom. The number of guanidine groups is 1. The molecule has 7 atom stereocenters. The molecule has 3 heterocycles. The minimum Gasteiger partial charge on any atom is -0.480 e. The molecule has 7 amide bonds. The molecule has 3 fully saturated rings. The number of carboxylic acids is 1. The molecule has 352 valence electrons. The first-order valence-electron chi connectivity index (χ1n) is 22.0. The van der Waals surface area contributed by atoms with Gasteiger partial charge in [0.15, 0.2) is 5.96 Å². The second kappa shape index (κ2) is 23.9. The van der Waals surface area contributed by atoms with E-state index in [-0.39, 0.29) is 50.1 Å². The second-order valence-electron chi connectivity index (χ2n) is 16.5. The standard InChI is InChI=1S/C44H61N11O10/c45-29(15-7-19-48-44(46)47)40(61)55-22-10-18-35(55)42(63)54-21-8-16-33(54)38(59)49-25-36(57)50-30(23-27-11-3-1-4-12-27)37(58)52-32(26-56)41(62)53-20-9-17-34(53)39(60)51-31(43(64)65)24-28-13-5-2-6-14-28/h1-6,11-14,29-35,56H,7-10,15-26,45H2,(H,49,59)(H,50,57)(H,51,60)(H,52,58)(H,64,65)(H4,46,47,48)/t29-,30+,31+,32+,33+,34+,35+/m0/s1. The highest BCUT2D eigenvalue weighted by molar-refractivity contribution is 5.97. The van der Waals surface area contributed by atoms with E-state index in [1.54, 1.807) is 60.7 Å². The van der Waals surface area contributed by atoms with Gasteiger partial charge in [-0.25, -0.2) is 4.79 Å². The van der Waals surface area contributed by atoms with Gasteiger partial charge in [-0.3, -0.25) is 38.6 Å². The van der Waals surface area contributed by atoms with Crippen LogP contribution in [-0.2, 0) is 51.2 Å². The molecule has 21 heteroatoms. The van der Waals surface area contributed by atoms with Crippen LogP contribution in [-0.4, -0.2) is 160 Å². The van der Waals surface area contributed by atoms with Crippen LogP contribution in [0.3, 0.4) is 0 Å². The van der Waals surface area contributed by atoms with E-state index >= 15 is 0 Å². The first kappa shape index (κ1) is 49.4.